The molecule has 2 rings (SSSR count). The van der Waals surface area contributed by atoms with Crippen LogP contribution in [0.25, 0.3) is 0 Å². The zero-order chi connectivity index (χ0) is 13.1. The van der Waals surface area contributed by atoms with Crippen LogP contribution < -0.4 is 5.32 Å². The highest BCUT2D eigenvalue weighted by atomic mass is 16.3. The maximum absolute atomic E-state index is 9.90. The molecule has 1 atom stereocenters. The van der Waals surface area contributed by atoms with Gasteiger partial charge in [0, 0.05) is 11.6 Å². The number of benzene rings is 1. The minimum absolute atomic E-state index is 0.0796. The van der Waals surface area contributed by atoms with Crippen molar-refractivity contribution in [2.45, 2.75) is 33.4 Å². The summed E-state index contributed by atoms with van der Waals surface area (Å²) >= 11 is 0. The van der Waals surface area contributed by atoms with Crippen LogP contribution in [0.15, 0.2) is 34.7 Å². The van der Waals surface area contributed by atoms with E-state index in [1.807, 2.05) is 45.0 Å². The Bertz CT molecular complexity index is 531. The number of nitrogens with one attached hydrogen (secondary N) is 1. The molecule has 1 aromatic heterocycles. The van der Waals surface area contributed by atoms with Crippen LogP contribution in [0.1, 0.15) is 35.6 Å². The quantitative estimate of drug-likeness (QED) is 0.867. The Morgan fingerprint density at radius 3 is 2.61 bits per heavy atom. The maximum atomic E-state index is 9.90. The molecule has 0 amide bonds. The first-order valence-corrected chi connectivity index (χ1v) is 6.14. The summed E-state index contributed by atoms with van der Waals surface area (Å²) in [5.41, 5.74) is 1.97. The van der Waals surface area contributed by atoms with E-state index in [1.165, 1.54) is 0 Å². The Hall–Kier alpha value is -1.74. The third-order valence-electron chi connectivity index (χ3n) is 3.03. The van der Waals surface area contributed by atoms with Crippen molar-refractivity contribution >= 4 is 0 Å². The van der Waals surface area contributed by atoms with Gasteiger partial charge >= 0.3 is 0 Å². The lowest BCUT2D eigenvalue weighted by molar-refractivity contribution is 0.427. The van der Waals surface area contributed by atoms with Crippen LogP contribution in [-0.4, -0.2) is 5.11 Å². The van der Waals surface area contributed by atoms with Gasteiger partial charge in [-0.3, -0.25) is 0 Å². The maximum Gasteiger partial charge on any atom is 0.120 e. The number of aromatic hydroxyl groups is 1. The highest BCUT2D eigenvalue weighted by Gasteiger charge is 2.10. The molecule has 0 fully saturated rings. The van der Waals surface area contributed by atoms with Gasteiger partial charge < -0.3 is 14.8 Å². The second-order valence-corrected chi connectivity index (χ2v) is 4.68. The van der Waals surface area contributed by atoms with Gasteiger partial charge in [0.25, 0.3) is 0 Å². The fourth-order valence-corrected chi connectivity index (χ4v) is 1.96. The number of aryl methyl sites for hydroxylation is 2. The second-order valence-electron chi connectivity index (χ2n) is 4.68. The van der Waals surface area contributed by atoms with E-state index < -0.39 is 0 Å². The van der Waals surface area contributed by atoms with Gasteiger partial charge in [-0.1, -0.05) is 12.1 Å². The molecular weight excluding hydrogens is 226 g/mol. The Balaban J connectivity index is 2.01. The number of rotatable bonds is 4. The zero-order valence-corrected chi connectivity index (χ0v) is 11.0. The standard InChI is InChI=1S/C15H19NO2/c1-10-4-7-14(15(17)8-10)12(3)16-9-13-6-5-11(2)18-13/h4-8,12,16-17H,9H2,1-3H3. The van der Waals surface area contributed by atoms with Gasteiger partial charge in [-0.25, -0.2) is 0 Å². The summed E-state index contributed by atoms with van der Waals surface area (Å²) in [6, 6.07) is 9.73. The molecule has 2 N–H and O–H groups in total. The lowest BCUT2D eigenvalue weighted by atomic mass is 10.1. The van der Waals surface area contributed by atoms with Crippen molar-refractivity contribution in [2.75, 3.05) is 0 Å². The molecule has 3 nitrogen and oxygen atoms in total. The molecule has 2 aromatic rings. The van der Waals surface area contributed by atoms with Gasteiger partial charge in [-0.05, 0) is 44.5 Å². The highest BCUT2D eigenvalue weighted by molar-refractivity contribution is 5.37. The molecule has 0 spiro atoms. The average molecular weight is 245 g/mol. The monoisotopic (exact) mass is 245 g/mol. The fraction of sp³-hybridized carbons (Fsp3) is 0.333. The lowest BCUT2D eigenvalue weighted by Crippen LogP contribution is -2.17. The molecule has 0 radical (unpaired) electrons. The summed E-state index contributed by atoms with van der Waals surface area (Å²) < 4.78 is 5.49. The summed E-state index contributed by atoms with van der Waals surface area (Å²) in [5, 5.41) is 13.2. The van der Waals surface area contributed by atoms with E-state index in [9.17, 15) is 5.11 Å². The molecular formula is C15H19NO2. The van der Waals surface area contributed by atoms with E-state index in [1.54, 1.807) is 6.07 Å². The molecule has 0 saturated heterocycles. The van der Waals surface area contributed by atoms with Crippen molar-refractivity contribution in [3.8, 4) is 5.75 Å². The first-order chi connectivity index (χ1) is 8.56. The van der Waals surface area contributed by atoms with E-state index in [4.69, 9.17) is 4.42 Å². The van der Waals surface area contributed by atoms with Crippen LogP contribution in [0.4, 0.5) is 0 Å². The van der Waals surface area contributed by atoms with Crippen LogP contribution in [0.2, 0.25) is 0 Å². The Kier molecular flexibility index (Phi) is 3.72. The Morgan fingerprint density at radius 1 is 1.22 bits per heavy atom. The van der Waals surface area contributed by atoms with Crippen LogP contribution in [0.3, 0.4) is 0 Å². The smallest absolute Gasteiger partial charge is 0.120 e. The molecule has 0 saturated carbocycles. The number of phenols is 1. The Morgan fingerprint density at radius 2 is 2.00 bits per heavy atom. The normalized spacial score (nSPS) is 12.6. The summed E-state index contributed by atoms with van der Waals surface area (Å²) in [5.74, 6) is 2.16. The number of phenolic OH excluding ortho intramolecular Hbond substituents is 1. The first kappa shape index (κ1) is 12.7. The third kappa shape index (κ3) is 2.93. The van der Waals surface area contributed by atoms with Crippen molar-refractivity contribution in [2.24, 2.45) is 0 Å². The molecule has 18 heavy (non-hydrogen) atoms. The zero-order valence-electron chi connectivity index (χ0n) is 11.0. The van der Waals surface area contributed by atoms with Crippen molar-refractivity contribution in [3.63, 3.8) is 0 Å². The number of furan rings is 1. The number of hydrogen-bond donors (Lipinski definition) is 2. The van der Waals surface area contributed by atoms with E-state index in [-0.39, 0.29) is 6.04 Å². The lowest BCUT2D eigenvalue weighted by Gasteiger charge is -2.15. The molecule has 0 aliphatic carbocycles. The summed E-state index contributed by atoms with van der Waals surface area (Å²) in [7, 11) is 0. The molecule has 0 bridgehead atoms. The minimum Gasteiger partial charge on any atom is -0.508 e. The van der Waals surface area contributed by atoms with Gasteiger partial charge in [0.1, 0.15) is 17.3 Å². The average Bonchev–Trinajstić information content (AvgIpc) is 2.72. The SMILES string of the molecule is Cc1ccc(C(C)NCc2ccc(C)o2)c(O)c1. The Labute approximate surface area is 107 Å². The van der Waals surface area contributed by atoms with Crippen LogP contribution in [0.5, 0.6) is 5.75 Å². The van der Waals surface area contributed by atoms with Crippen LogP contribution in [0, 0.1) is 13.8 Å². The van der Waals surface area contributed by atoms with Gasteiger partial charge in [-0.2, -0.15) is 0 Å². The van der Waals surface area contributed by atoms with E-state index in [0.29, 0.717) is 12.3 Å². The third-order valence-corrected chi connectivity index (χ3v) is 3.03. The molecule has 1 aromatic carbocycles. The summed E-state index contributed by atoms with van der Waals surface area (Å²) in [4.78, 5) is 0. The molecule has 96 valence electrons. The van der Waals surface area contributed by atoms with Crippen molar-refractivity contribution in [1.29, 1.82) is 0 Å². The van der Waals surface area contributed by atoms with Gasteiger partial charge in [0.2, 0.25) is 0 Å². The molecule has 1 heterocycles. The summed E-state index contributed by atoms with van der Waals surface area (Å²) in [6.45, 7) is 6.58. The second kappa shape index (κ2) is 5.27. The summed E-state index contributed by atoms with van der Waals surface area (Å²) in [6.07, 6.45) is 0. The van der Waals surface area contributed by atoms with E-state index >= 15 is 0 Å². The fourth-order valence-electron chi connectivity index (χ4n) is 1.96. The molecule has 0 aliphatic rings. The van der Waals surface area contributed by atoms with Gasteiger partial charge in [-0.15, -0.1) is 0 Å². The first-order valence-electron chi connectivity index (χ1n) is 6.14. The van der Waals surface area contributed by atoms with Crippen molar-refractivity contribution in [3.05, 3.63) is 53.0 Å². The van der Waals surface area contributed by atoms with E-state index in [2.05, 4.69) is 5.32 Å². The highest BCUT2D eigenvalue weighted by Crippen LogP contribution is 2.25. The number of hydrogen-bond acceptors (Lipinski definition) is 3. The largest absolute Gasteiger partial charge is 0.508 e. The molecule has 3 heteroatoms. The van der Waals surface area contributed by atoms with Gasteiger partial charge in [0.15, 0.2) is 0 Å². The predicted molar refractivity (Wildman–Crippen MR) is 71.5 cm³/mol. The topological polar surface area (TPSA) is 45.4 Å². The van der Waals surface area contributed by atoms with Crippen LogP contribution in [-0.2, 0) is 6.54 Å². The van der Waals surface area contributed by atoms with Crippen molar-refractivity contribution in [1.82, 2.24) is 5.32 Å². The van der Waals surface area contributed by atoms with Crippen LogP contribution >= 0.6 is 0 Å². The van der Waals surface area contributed by atoms with Crippen molar-refractivity contribution < 1.29 is 9.52 Å². The predicted octanol–water partition coefficient (Wildman–Crippen LogP) is 3.45. The molecule has 1 unspecified atom stereocenters. The van der Waals surface area contributed by atoms with Gasteiger partial charge in [0.05, 0.1) is 6.54 Å². The molecule has 0 aliphatic heterocycles. The van der Waals surface area contributed by atoms with E-state index in [0.717, 1.165) is 22.6 Å². The minimum atomic E-state index is 0.0796.